The summed E-state index contributed by atoms with van der Waals surface area (Å²) < 4.78 is 0. The van der Waals surface area contributed by atoms with Gasteiger partial charge < -0.3 is 5.73 Å². The summed E-state index contributed by atoms with van der Waals surface area (Å²) in [7, 11) is 0. The van der Waals surface area contributed by atoms with Gasteiger partial charge in [-0.1, -0.05) is 36.4 Å². The summed E-state index contributed by atoms with van der Waals surface area (Å²) in [5.74, 6) is 0.854. The largest absolute Gasteiger partial charge is 0.402 e. The standard InChI is InChI=1S/C18H24N2/c19-18-7-6-17(13-18)14-20-10-8-16(9-11-20)12-15-4-2-1-3-5-15/h1-6,13,16H,7-12,14,19H2. The highest BCUT2D eigenvalue weighted by atomic mass is 15.1. The van der Waals surface area contributed by atoms with Crippen molar-refractivity contribution in [3.63, 3.8) is 0 Å². The van der Waals surface area contributed by atoms with Gasteiger partial charge in [0.15, 0.2) is 0 Å². The third-order valence-corrected chi connectivity index (χ3v) is 4.45. The Bertz CT molecular complexity index is 493. The SMILES string of the molecule is NC1=CC(CN2CCC(Cc3ccccc3)CC2)=CC1. The quantitative estimate of drug-likeness (QED) is 0.909. The molecule has 20 heavy (non-hydrogen) atoms. The van der Waals surface area contributed by atoms with E-state index in [2.05, 4.69) is 47.4 Å². The first-order valence-corrected chi connectivity index (χ1v) is 7.71. The number of allylic oxidation sites excluding steroid dienone is 1. The van der Waals surface area contributed by atoms with Crippen LogP contribution in [0.2, 0.25) is 0 Å². The van der Waals surface area contributed by atoms with Crippen molar-refractivity contribution in [2.75, 3.05) is 19.6 Å². The van der Waals surface area contributed by atoms with E-state index in [0.29, 0.717) is 0 Å². The average molecular weight is 268 g/mol. The monoisotopic (exact) mass is 268 g/mol. The molecule has 0 amide bonds. The lowest BCUT2D eigenvalue weighted by molar-refractivity contribution is 0.198. The number of hydrogen-bond acceptors (Lipinski definition) is 2. The molecule has 1 aliphatic heterocycles. The van der Waals surface area contributed by atoms with Crippen LogP contribution in [0, 0.1) is 5.92 Å². The van der Waals surface area contributed by atoms with Gasteiger partial charge in [0.1, 0.15) is 0 Å². The van der Waals surface area contributed by atoms with Crippen LogP contribution in [0.4, 0.5) is 0 Å². The highest BCUT2D eigenvalue weighted by Crippen LogP contribution is 2.23. The summed E-state index contributed by atoms with van der Waals surface area (Å²) in [4.78, 5) is 2.57. The predicted molar refractivity (Wildman–Crippen MR) is 84.3 cm³/mol. The van der Waals surface area contributed by atoms with Gasteiger partial charge in [-0.25, -0.2) is 0 Å². The highest BCUT2D eigenvalue weighted by molar-refractivity contribution is 5.32. The van der Waals surface area contributed by atoms with Crippen LogP contribution in [0.3, 0.4) is 0 Å². The van der Waals surface area contributed by atoms with Crippen molar-refractivity contribution >= 4 is 0 Å². The summed E-state index contributed by atoms with van der Waals surface area (Å²) in [6, 6.07) is 10.9. The fourth-order valence-corrected chi connectivity index (χ4v) is 3.27. The molecular weight excluding hydrogens is 244 g/mol. The van der Waals surface area contributed by atoms with Gasteiger partial charge in [0.25, 0.3) is 0 Å². The van der Waals surface area contributed by atoms with Gasteiger partial charge in [0, 0.05) is 18.7 Å². The lowest BCUT2D eigenvalue weighted by atomic mass is 9.90. The summed E-state index contributed by atoms with van der Waals surface area (Å²) in [6.45, 7) is 3.53. The summed E-state index contributed by atoms with van der Waals surface area (Å²) in [5.41, 5.74) is 9.73. The van der Waals surface area contributed by atoms with Gasteiger partial charge in [-0.3, -0.25) is 4.90 Å². The molecule has 0 spiro atoms. The maximum Gasteiger partial charge on any atom is 0.0231 e. The Morgan fingerprint density at radius 2 is 1.85 bits per heavy atom. The Morgan fingerprint density at radius 1 is 1.10 bits per heavy atom. The zero-order valence-corrected chi connectivity index (χ0v) is 12.1. The maximum atomic E-state index is 5.83. The molecule has 106 valence electrons. The third kappa shape index (κ3) is 3.51. The molecule has 3 rings (SSSR count). The third-order valence-electron chi connectivity index (χ3n) is 4.45. The average Bonchev–Trinajstić information content (AvgIpc) is 2.88. The predicted octanol–water partition coefficient (Wildman–Crippen LogP) is 3.11. The van der Waals surface area contributed by atoms with E-state index in [1.54, 1.807) is 0 Å². The summed E-state index contributed by atoms with van der Waals surface area (Å²) in [6.07, 6.45) is 9.24. The van der Waals surface area contributed by atoms with Crippen LogP contribution >= 0.6 is 0 Å². The first kappa shape index (κ1) is 13.4. The normalized spacial score (nSPS) is 20.8. The summed E-state index contributed by atoms with van der Waals surface area (Å²) in [5, 5.41) is 0. The minimum Gasteiger partial charge on any atom is -0.402 e. The number of hydrogen-bond donors (Lipinski definition) is 1. The fraction of sp³-hybridized carbons (Fsp3) is 0.444. The maximum absolute atomic E-state index is 5.83. The molecule has 0 radical (unpaired) electrons. The number of nitrogens with two attached hydrogens (primary N) is 1. The van der Waals surface area contributed by atoms with Crippen LogP contribution in [0.15, 0.2) is 53.8 Å². The minimum atomic E-state index is 0.854. The number of likely N-dealkylation sites (tertiary alicyclic amines) is 1. The minimum absolute atomic E-state index is 0.854. The van der Waals surface area contributed by atoms with Crippen molar-refractivity contribution in [3.8, 4) is 0 Å². The van der Waals surface area contributed by atoms with Gasteiger partial charge >= 0.3 is 0 Å². The van der Waals surface area contributed by atoms with E-state index in [-0.39, 0.29) is 0 Å². The summed E-state index contributed by atoms with van der Waals surface area (Å²) >= 11 is 0. The molecule has 0 atom stereocenters. The van der Waals surface area contributed by atoms with E-state index in [0.717, 1.165) is 24.6 Å². The van der Waals surface area contributed by atoms with Gasteiger partial charge in [0.2, 0.25) is 0 Å². The number of piperidine rings is 1. The molecule has 1 saturated heterocycles. The fourth-order valence-electron chi connectivity index (χ4n) is 3.27. The number of benzene rings is 1. The Morgan fingerprint density at radius 3 is 2.50 bits per heavy atom. The van der Waals surface area contributed by atoms with Gasteiger partial charge in [-0.15, -0.1) is 0 Å². The molecule has 1 fully saturated rings. The van der Waals surface area contributed by atoms with Gasteiger partial charge in [0.05, 0.1) is 0 Å². The van der Waals surface area contributed by atoms with E-state index in [9.17, 15) is 0 Å². The first-order valence-electron chi connectivity index (χ1n) is 7.71. The van der Waals surface area contributed by atoms with Crippen LogP contribution in [0.25, 0.3) is 0 Å². The molecule has 0 bridgehead atoms. The van der Waals surface area contributed by atoms with Crippen molar-refractivity contribution in [2.24, 2.45) is 11.7 Å². The Labute approximate surface area is 122 Å². The Hall–Kier alpha value is -1.54. The van der Waals surface area contributed by atoms with Crippen LogP contribution in [-0.2, 0) is 6.42 Å². The van der Waals surface area contributed by atoms with E-state index >= 15 is 0 Å². The zero-order valence-electron chi connectivity index (χ0n) is 12.1. The van der Waals surface area contributed by atoms with Crippen LogP contribution in [0.1, 0.15) is 24.8 Å². The van der Waals surface area contributed by atoms with E-state index in [4.69, 9.17) is 5.73 Å². The molecule has 2 aliphatic rings. The lowest BCUT2D eigenvalue weighted by Gasteiger charge is -2.32. The molecule has 1 aromatic rings. The molecular formula is C18H24N2. The molecule has 0 saturated carbocycles. The highest BCUT2D eigenvalue weighted by Gasteiger charge is 2.20. The second-order valence-electron chi connectivity index (χ2n) is 6.11. The van der Waals surface area contributed by atoms with Crippen molar-refractivity contribution in [1.82, 2.24) is 4.90 Å². The molecule has 1 aromatic carbocycles. The molecule has 2 heteroatoms. The molecule has 1 heterocycles. The second-order valence-corrected chi connectivity index (χ2v) is 6.11. The number of rotatable bonds is 4. The van der Waals surface area contributed by atoms with E-state index in [1.165, 1.54) is 43.5 Å². The molecule has 2 nitrogen and oxygen atoms in total. The Balaban J connectivity index is 1.45. The lowest BCUT2D eigenvalue weighted by Crippen LogP contribution is -2.35. The van der Waals surface area contributed by atoms with Crippen LogP contribution < -0.4 is 5.73 Å². The number of nitrogens with zero attached hydrogens (tertiary/aromatic N) is 1. The van der Waals surface area contributed by atoms with Crippen molar-refractivity contribution in [3.05, 3.63) is 59.3 Å². The second kappa shape index (κ2) is 6.27. The van der Waals surface area contributed by atoms with Crippen LogP contribution in [-0.4, -0.2) is 24.5 Å². The van der Waals surface area contributed by atoms with Crippen LogP contribution in [0.5, 0.6) is 0 Å². The smallest absolute Gasteiger partial charge is 0.0231 e. The molecule has 0 aromatic heterocycles. The van der Waals surface area contributed by atoms with Crippen molar-refractivity contribution < 1.29 is 0 Å². The molecule has 0 unspecified atom stereocenters. The zero-order chi connectivity index (χ0) is 13.8. The van der Waals surface area contributed by atoms with Crippen molar-refractivity contribution in [2.45, 2.75) is 25.7 Å². The van der Waals surface area contributed by atoms with Gasteiger partial charge in [-0.05, 0) is 55.5 Å². The Kier molecular flexibility index (Phi) is 4.22. The topological polar surface area (TPSA) is 29.3 Å². The van der Waals surface area contributed by atoms with E-state index in [1.807, 2.05) is 0 Å². The first-order chi connectivity index (χ1) is 9.79. The van der Waals surface area contributed by atoms with E-state index < -0.39 is 0 Å². The molecule has 1 aliphatic carbocycles. The molecule has 2 N–H and O–H groups in total. The van der Waals surface area contributed by atoms with Crippen molar-refractivity contribution in [1.29, 1.82) is 0 Å². The van der Waals surface area contributed by atoms with Gasteiger partial charge in [-0.2, -0.15) is 0 Å².